The van der Waals surface area contributed by atoms with E-state index in [0.717, 1.165) is 67.8 Å². The summed E-state index contributed by atoms with van der Waals surface area (Å²) in [6, 6.07) is 10.7. The minimum absolute atomic E-state index is 0.0337. The van der Waals surface area contributed by atoms with E-state index in [0.29, 0.717) is 18.1 Å². The van der Waals surface area contributed by atoms with E-state index in [2.05, 4.69) is 25.7 Å². The Morgan fingerprint density at radius 2 is 1.91 bits per heavy atom. The van der Waals surface area contributed by atoms with Gasteiger partial charge in [-0.05, 0) is 91.1 Å². The highest BCUT2D eigenvalue weighted by Crippen LogP contribution is 2.52. The zero-order chi connectivity index (χ0) is 24.0. The van der Waals surface area contributed by atoms with Gasteiger partial charge in [0.05, 0.1) is 18.7 Å². The molecular weight excluding hydrogens is 431 g/mol. The Morgan fingerprint density at radius 3 is 2.50 bits per heavy atom. The minimum atomic E-state index is -0.892. The maximum Gasteiger partial charge on any atom is 0.408 e. The number of rotatable bonds is 6. The van der Waals surface area contributed by atoms with Gasteiger partial charge in [-0.25, -0.2) is 9.18 Å². The highest BCUT2D eigenvalue weighted by molar-refractivity contribution is 5.70. The van der Waals surface area contributed by atoms with E-state index in [-0.39, 0.29) is 23.3 Å². The Labute approximate surface area is 201 Å². The molecule has 0 aromatic heterocycles. The van der Waals surface area contributed by atoms with Crippen LogP contribution in [0, 0.1) is 17.2 Å². The maximum atomic E-state index is 15.5. The first kappa shape index (κ1) is 23.2. The highest BCUT2D eigenvalue weighted by Gasteiger charge is 2.50. The van der Waals surface area contributed by atoms with Crippen molar-refractivity contribution >= 4 is 6.09 Å². The van der Waals surface area contributed by atoms with Crippen LogP contribution in [0.25, 0.3) is 11.1 Å². The molecule has 3 fully saturated rings. The van der Waals surface area contributed by atoms with Crippen LogP contribution in [-0.2, 0) is 6.42 Å². The molecular formula is C28H35FN2O3. The van der Waals surface area contributed by atoms with Gasteiger partial charge in [0, 0.05) is 12.1 Å². The second-order valence-corrected chi connectivity index (χ2v) is 10.9. The fourth-order valence-corrected chi connectivity index (χ4v) is 6.44. The third-order valence-corrected chi connectivity index (χ3v) is 8.03. The lowest BCUT2D eigenvalue weighted by molar-refractivity contribution is -0.0267. The molecule has 34 heavy (non-hydrogen) atoms. The zero-order valence-corrected chi connectivity index (χ0v) is 20.4. The molecule has 2 atom stereocenters. The van der Waals surface area contributed by atoms with Gasteiger partial charge < -0.3 is 14.7 Å². The van der Waals surface area contributed by atoms with Crippen LogP contribution in [0.2, 0.25) is 0 Å². The number of amides is 1. The summed E-state index contributed by atoms with van der Waals surface area (Å²) in [5.41, 5.74) is 2.92. The molecule has 182 valence electrons. The van der Waals surface area contributed by atoms with Crippen molar-refractivity contribution in [2.75, 3.05) is 26.2 Å². The fraction of sp³-hybridized carbons (Fsp3) is 0.536. The largest absolute Gasteiger partial charge is 0.494 e. The molecule has 6 rings (SSSR count). The van der Waals surface area contributed by atoms with Crippen LogP contribution in [0.1, 0.15) is 57.2 Å². The van der Waals surface area contributed by atoms with Crippen molar-refractivity contribution < 1.29 is 19.0 Å². The average Bonchev–Trinajstić information content (AvgIpc) is 3.07. The van der Waals surface area contributed by atoms with Crippen LogP contribution in [0.5, 0.6) is 5.75 Å². The summed E-state index contributed by atoms with van der Waals surface area (Å²) in [5, 5.41) is 10.4. The average molecular weight is 467 g/mol. The molecule has 3 heterocycles. The standard InChI is InChI=1S/C28H35FN2O3/c1-4-13-34-21-7-5-18(6-8-21)22-14-20-16-28(2,3)26(23(20)15-24(22)29)31(27(32)33)25-17-30-11-9-19(25)10-12-30/h5-8,14-15,19,25-26H,4,9-13,16-17H2,1-3H3,(H,32,33)/t25-,26+/m1/s1. The lowest BCUT2D eigenvalue weighted by Crippen LogP contribution is -2.60. The monoisotopic (exact) mass is 466 g/mol. The third-order valence-electron chi connectivity index (χ3n) is 8.03. The van der Waals surface area contributed by atoms with Crippen LogP contribution < -0.4 is 4.74 Å². The van der Waals surface area contributed by atoms with E-state index < -0.39 is 6.09 Å². The molecule has 1 aliphatic carbocycles. The first-order chi connectivity index (χ1) is 16.3. The predicted octanol–water partition coefficient (Wildman–Crippen LogP) is 5.98. The Balaban J connectivity index is 1.49. The van der Waals surface area contributed by atoms with Crippen LogP contribution in [0.15, 0.2) is 36.4 Å². The maximum absolute atomic E-state index is 15.5. The Bertz CT molecular complexity index is 1060. The van der Waals surface area contributed by atoms with Gasteiger partial charge in [0.1, 0.15) is 11.6 Å². The quantitative estimate of drug-likeness (QED) is 0.569. The molecule has 0 spiro atoms. The van der Waals surface area contributed by atoms with Gasteiger partial charge in [-0.1, -0.05) is 32.9 Å². The molecule has 5 nitrogen and oxygen atoms in total. The van der Waals surface area contributed by atoms with Gasteiger partial charge in [0.15, 0.2) is 0 Å². The molecule has 2 aromatic rings. The summed E-state index contributed by atoms with van der Waals surface area (Å²) in [5.74, 6) is 0.865. The number of piperidine rings is 3. The Morgan fingerprint density at radius 1 is 1.21 bits per heavy atom. The summed E-state index contributed by atoms with van der Waals surface area (Å²) >= 11 is 0. The first-order valence-electron chi connectivity index (χ1n) is 12.6. The normalized spacial score (nSPS) is 26.8. The van der Waals surface area contributed by atoms with E-state index in [9.17, 15) is 9.90 Å². The van der Waals surface area contributed by atoms with E-state index in [1.165, 1.54) is 0 Å². The highest BCUT2D eigenvalue weighted by atomic mass is 19.1. The number of halogens is 1. The van der Waals surface area contributed by atoms with Crippen molar-refractivity contribution in [3.05, 3.63) is 53.3 Å². The number of benzene rings is 2. The fourth-order valence-electron chi connectivity index (χ4n) is 6.44. The topological polar surface area (TPSA) is 53.0 Å². The van der Waals surface area contributed by atoms with Crippen molar-refractivity contribution in [1.29, 1.82) is 0 Å². The number of carbonyl (C=O) groups is 1. The molecule has 0 saturated carbocycles. The van der Waals surface area contributed by atoms with Crippen molar-refractivity contribution in [3.8, 4) is 16.9 Å². The smallest absolute Gasteiger partial charge is 0.408 e. The summed E-state index contributed by atoms with van der Waals surface area (Å²) in [4.78, 5) is 16.7. The molecule has 3 saturated heterocycles. The van der Waals surface area contributed by atoms with E-state index in [4.69, 9.17) is 4.74 Å². The lowest BCUT2D eigenvalue weighted by atomic mass is 9.79. The summed E-state index contributed by atoms with van der Waals surface area (Å²) in [7, 11) is 0. The van der Waals surface area contributed by atoms with E-state index in [1.807, 2.05) is 30.3 Å². The predicted molar refractivity (Wildman–Crippen MR) is 131 cm³/mol. The lowest BCUT2D eigenvalue weighted by Gasteiger charge is -2.51. The first-order valence-corrected chi connectivity index (χ1v) is 12.6. The van der Waals surface area contributed by atoms with E-state index in [1.54, 1.807) is 11.0 Å². The van der Waals surface area contributed by atoms with Gasteiger partial charge in [-0.15, -0.1) is 0 Å². The zero-order valence-electron chi connectivity index (χ0n) is 20.4. The molecule has 2 bridgehead atoms. The number of hydrogen-bond acceptors (Lipinski definition) is 3. The molecule has 4 aliphatic rings. The van der Waals surface area contributed by atoms with Crippen molar-refractivity contribution in [2.24, 2.45) is 11.3 Å². The molecule has 0 radical (unpaired) electrons. The molecule has 0 unspecified atom stereocenters. The number of nitrogens with zero attached hydrogens (tertiary/aromatic N) is 2. The van der Waals surface area contributed by atoms with E-state index >= 15 is 4.39 Å². The second kappa shape index (κ2) is 8.88. The van der Waals surface area contributed by atoms with Gasteiger partial charge in [0.2, 0.25) is 0 Å². The second-order valence-electron chi connectivity index (χ2n) is 10.9. The number of fused-ring (bicyclic) bond motifs is 4. The number of ether oxygens (including phenoxy) is 1. The number of carboxylic acid groups (broad SMARTS) is 1. The summed E-state index contributed by atoms with van der Waals surface area (Å²) < 4.78 is 21.2. The number of hydrogen-bond donors (Lipinski definition) is 1. The van der Waals surface area contributed by atoms with Crippen molar-refractivity contribution in [3.63, 3.8) is 0 Å². The SMILES string of the molecule is CCCOc1ccc(-c2cc3c(cc2F)[C@H](N(C(=O)O)[C@@H]2CN4CCC2CC4)C(C)(C)C3)cc1. The minimum Gasteiger partial charge on any atom is -0.494 e. The van der Waals surface area contributed by atoms with Crippen LogP contribution in [0.3, 0.4) is 0 Å². The van der Waals surface area contributed by atoms with Gasteiger partial charge in [-0.3, -0.25) is 4.90 Å². The van der Waals surface area contributed by atoms with Crippen molar-refractivity contribution in [2.45, 2.75) is 58.5 Å². The Hall–Kier alpha value is -2.60. The molecule has 3 aliphatic heterocycles. The van der Waals surface area contributed by atoms with Gasteiger partial charge >= 0.3 is 6.09 Å². The van der Waals surface area contributed by atoms with Crippen LogP contribution in [0.4, 0.5) is 9.18 Å². The third kappa shape index (κ3) is 4.06. The van der Waals surface area contributed by atoms with Crippen LogP contribution >= 0.6 is 0 Å². The summed E-state index contributed by atoms with van der Waals surface area (Å²) in [6.07, 6.45) is 2.85. The van der Waals surface area contributed by atoms with Gasteiger partial charge in [0.25, 0.3) is 0 Å². The molecule has 1 N–H and O–H groups in total. The van der Waals surface area contributed by atoms with Crippen LogP contribution in [-0.4, -0.2) is 53.3 Å². The molecule has 1 amide bonds. The van der Waals surface area contributed by atoms with Gasteiger partial charge in [-0.2, -0.15) is 0 Å². The summed E-state index contributed by atoms with van der Waals surface area (Å²) in [6.45, 7) is 9.84. The van der Waals surface area contributed by atoms with Crippen molar-refractivity contribution in [1.82, 2.24) is 9.80 Å². The Kier molecular flexibility index (Phi) is 6.05. The molecule has 6 heteroatoms. The molecule has 2 aromatic carbocycles.